The van der Waals surface area contributed by atoms with Crippen molar-refractivity contribution in [2.75, 3.05) is 23.7 Å². The lowest BCUT2D eigenvalue weighted by molar-refractivity contribution is -0.136. The first-order chi connectivity index (χ1) is 23.9. The predicted molar refractivity (Wildman–Crippen MR) is 191 cm³/mol. The molecule has 7 rings (SSSR count). The van der Waals surface area contributed by atoms with Crippen LogP contribution in [0.1, 0.15) is 36.8 Å². The van der Waals surface area contributed by atoms with Gasteiger partial charge in [0.15, 0.2) is 0 Å². The zero-order valence-electron chi connectivity index (χ0n) is 27.2. The number of hydrogen-bond donors (Lipinski definition) is 3. The maximum absolute atomic E-state index is 13.4. The average Bonchev–Trinajstić information content (AvgIpc) is 3.89. The second-order valence-corrected chi connectivity index (χ2v) is 12.9. The van der Waals surface area contributed by atoms with Crippen LogP contribution in [0, 0.1) is 0 Å². The van der Waals surface area contributed by atoms with E-state index >= 15 is 0 Å². The summed E-state index contributed by atoms with van der Waals surface area (Å²) in [6.45, 7) is 1.15. The number of benzene rings is 4. The van der Waals surface area contributed by atoms with Crippen LogP contribution in [0.15, 0.2) is 109 Å². The van der Waals surface area contributed by atoms with Crippen molar-refractivity contribution in [1.82, 2.24) is 14.8 Å². The SMILES string of the molecule is O=C(Nc1cccc(-c2cc3cc(NC(=O)[C@@H]4CCCN4C(=O)Cc4ccccc4)ccc3[nH]2)c1)[C@@H]1CCCN1C(=O)Cc1ccccc1. The van der Waals surface area contributed by atoms with Crippen molar-refractivity contribution in [3.05, 3.63) is 120 Å². The molecule has 4 amide bonds. The first-order valence-corrected chi connectivity index (χ1v) is 16.9. The Morgan fingerprint density at radius 3 is 1.73 bits per heavy atom. The molecule has 49 heavy (non-hydrogen) atoms. The number of carbonyl (C=O) groups excluding carboxylic acids is 4. The highest BCUT2D eigenvalue weighted by atomic mass is 16.2. The monoisotopic (exact) mass is 653 g/mol. The molecular weight excluding hydrogens is 614 g/mol. The lowest BCUT2D eigenvalue weighted by Gasteiger charge is -2.24. The Kier molecular flexibility index (Phi) is 9.23. The normalized spacial score (nSPS) is 17.3. The minimum atomic E-state index is -0.500. The first-order valence-electron chi connectivity index (χ1n) is 16.9. The van der Waals surface area contributed by atoms with Crippen LogP contribution in [0.3, 0.4) is 0 Å². The number of rotatable bonds is 9. The molecule has 0 unspecified atom stereocenters. The summed E-state index contributed by atoms with van der Waals surface area (Å²) >= 11 is 0. The Morgan fingerprint density at radius 2 is 1.16 bits per heavy atom. The largest absolute Gasteiger partial charge is 0.355 e. The molecule has 3 N–H and O–H groups in total. The summed E-state index contributed by atoms with van der Waals surface area (Å²) < 4.78 is 0. The van der Waals surface area contributed by atoms with E-state index in [4.69, 9.17) is 0 Å². The van der Waals surface area contributed by atoms with E-state index in [9.17, 15) is 19.2 Å². The van der Waals surface area contributed by atoms with Gasteiger partial charge < -0.3 is 25.4 Å². The van der Waals surface area contributed by atoms with Crippen LogP contribution in [-0.2, 0) is 32.0 Å². The number of amides is 4. The van der Waals surface area contributed by atoms with Crippen molar-refractivity contribution in [3.8, 4) is 11.3 Å². The minimum Gasteiger partial charge on any atom is -0.355 e. The van der Waals surface area contributed by atoms with E-state index in [2.05, 4.69) is 15.6 Å². The lowest BCUT2D eigenvalue weighted by Crippen LogP contribution is -2.43. The van der Waals surface area contributed by atoms with Crippen LogP contribution in [0.25, 0.3) is 22.2 Å². The Hall–Kier alpha value is -5.70. The van der Waals surface area contributed by atoms with Crippen LogP contribution in [0.2, 0.25) is 0 Å². The van der Waals surface area contributed by atoms with Crippen molar-refractivity contribution in [1.29, 1.82) is 0 Å². The summed E-state index contributed by atoms with van der Waals surface area (Å²) in [5.41, 5.74) is 5.85. The van der Waals surface area contributed by atoms with Gasteiger partial charge in [-0.1, -0.05) is 72.8 Å². The molecule has 2 aliphatic heterocycles. The third-order valence-electron chi connectivity index (χ3n) is 9.48. The van der Waals surface area contributed by atoms with E-state index in [1.807, 2.05) is 109 Å². The summed E-state index contributed by atoms with van der Waals surface area (Å²) in [7, 11) is 0. The number of hydrogen-bond acceptors (Lipinski definition) is 4. The highest BCUT2D eigenvalue weighted by Crippen LogP contribution is 2.29. The van der Waals surface area contributed by atoms with E-state index in [-0.39, 0.29) is 36.5 Å². The van der Waals surface area contributed by atoms with Crippen LogP contribution in [0.4, 0.5) is 11.4 Å². The Balaban J connectivity index is 0.997. The molecule has 2 aliphatic rings. The number of fused-ring (bicyclic) bond motifs is 1. The molecule has 0 aliphatic carbocycles. The predicted octanol–water partition coefficient (Wildman–Crippen LogP) is 6.18. The molecule has 3 heterocycles. The van der Waals surface area contributed by atoms with Gasteiger partial charge in [-0.2, -0.15) is 0 Å². The summed E-state index contributed by atoms with van der Waals surface area (Å²) in [6.07, 6.45) is 3.42. The second-order valence-electron chi connectivity index (χ2n) is 12.9. The van der Waals surface area contributed by atoms with Gasteiger partial charge in [0.1, 0.15) is 12.1 Å². The summed E-state index contributed by atoms with van der Waals surface area (Å²) in [6, 6.07) is 33.5. The van der Waals surface area contributed by atoms with E-state index in [0.717, 1.165) is 46.1 Å². The molecule has 5 aromatic rings. The molecule has 0 spiro atoms. The molecule has 0 radical (unpaired) electrons. The van der Waals surface area contributed by atoms with E-state index in [0.29, 0.717) is 37.3 Å². The topological polar surface area (TPSA) is 115 Å². The fraction of sp³-hybridized carbons (Fsp3) is 0.250. The van der Waals surface area contributed by atoms with Gasteiger partial charge in [0.05, 0.1) is 12.8 Å². The highest BCUT2D eigenvalue weighted by molar-refractivity contribution is 6.00. The van der Waals surface area contributed by atoms with Gasteiger partial charge in [-0.05, 0) is 73.2 Å². The maximum Gasteiger partial charge on any atom is 0.247 e. The minimum absolute atomic E-state index is 0.0369. The summed E-state index contributed by atoms with van der Waals surface area (Å²) in [4.78, 5) is 59.7. The summed E-state index contributed by atoms with van der Waals surface area (Å²) in [5, 5.41) is 6.99. The first kappa shape index (κ1) is 31.9. The molecule has 4 aromatic carbocycles. The third-order valence-corrected chi connectivity index (χ3v) is 9.48. The van der Waals surface area contributed by atoms with Crippen LogP contribution >= 0.6 is 0 Å². The molecule has 1 aromatic heterocycles. The number of carbonyl (C=O) groups is 4. The molecule has 0 saturated carbocycles. The van der Waals surface area contributed by atoms with Crippen molar-refractivity contribution < 1.29 is 19.2 Å². The number of aromatic nitrogens is 1. The molecule has 2 atom stereocenters. The number of anilines is 2. The molecule has 9 heteroatoms. The number of aromatic amines is 1. The zero-order chi connectivity index (χ0) is 33.7. The Bertz CT molecular complexity index is 1990. The van der Waals surface area contributed by atoms with Crippen molar-refractivity contribution in [3.63, 3.8) is 0 Å². The van der Waals surface area contributed by atoms with E-state index in [1.165, 1.54) is 0 Å². The molecule has 0 bridgehead atoms. The van der Waals surface area contributed by atoms with Gasteiger partial charge in [0.25, 0.3) is 0 Å². The summed E-state index contributed by atoms with van der Waals surface area (Å²) in [5.74, 6) is -0.441. The molecule has 2 saturated heterocycles. The standard InChI is InChI=1S/C40H39N5O4/c46-37(22-27-10-3-1-4-11-27)44-20-8-16-35(44)39(48)41-31-15-7-14-29(24-31)34-26-30-25-32(18-19-33(30)43-34)42-40(49)36-17-9-21-45(36)38(47)23-28-12-5-2-6-13-28/h1-7,10-15,18-19,24-26,35-36,43H,8-9,16-17,20-23H2,(H,41,48)(H,42,49)/t35-,36-/m0/s1. The number of nitrogens with zero attached hydrogens (tertiary/aromatic N) is 2. The van der Waals surface area contributed by atoms with Crippen molar-refractivity contribution in [2.45, 2.75) is 50.6 Å². The number of nitrogens with one attached hydrogen (secondary N) is 3. The highest BCUT2D eigenvalue weighted by Gasteiger charge is 2.35. The van der Waals surface area contributed by atoms with E-state index < -0.39 is 12.1 Å². The van der Waals surface area contributed by atoms with Crippen molar-refractivity contribution in [2.24, 2.45) is 0 Å². The zero-order valence-corrected chi connectivity index (χ0v) is 27.2. The smallest absolute Gasteiger partial charge is 0.247 e. The third kappa shape index (κ3) is 7.26. The fourth-order valence-corrected chi connectivity index (χ4v) is 7.00. The van der Waals surface area contributed by atoms with Gasteiger partial charge >= 0.3 is 0 Å². The molecule has 248 valence electrons. The quantitative estimate of drug-likeness (QED) is 0.176. The molecular formula is C40H39N5O4. The molecule has 9 nitrogen and oxygen atoms in total. The maximum atomic E-state index is 13.4. The van der Waals surface area contributed by atoms with Gasteiger partial charge in [-0.3, -0.25) is 19.2 Å². The Morgan fingerprint density at radius 1 is 0.612 bits per heavy atom. The average molecular weight is 654 g/mol. The van der Waals surface area contributed by atoms with Crippen molar-refractivity contribution >= 4 is 45.9 Å². The van der Waals surface area contributed by atoms with Crippen LogP contribution in [-0.4, -0.2) is 63.6 Å². The fourth-order valence-electron chi connectivity index (χ4n) is 7.00. The van der Waals surface area contributed by atoms with Crippen LogP contribution < -0.4 is 10.6 Å². The lowest BCUT2D eigenvalue weighted by atomic mass is 10.1. The van der Waals surface area contributed by atoms with Gasteiger partial charge in [0.2, 0.25) is 23.6 Å². The molecule has 2 fully saturated rings. The van der Waals surface area contributed by atoms with Gasteiger partial charge in [-0.15, -0.1) is 0 Å². The van der Waals surface area contributed by atoms with Gasteiger partial charge in [-0.25, -0.2) is 0 Å². The van der Waals surface area contributed by atoms with Gasteiger partial charge in [0, 0.05) is 46.6 Å². The Labute approximate surface area is 285 Å². The van der Waals surface area contributed by atoms with E-state index in [1.54, 1.807) is 9.80 Å². The van der Waals surface area contributed by atoms with Crippen LogP contribution in [0.5, 0.6) is 0 Å². The second kappa shape index (κ2) is 14.2. The number of likely N-dealkylation sites (tertiary alicyclic amines) is 2. The number of H-pyrrole nitrogens is 1.